The summed E-state index contributed by atoms with van der Waals surface area (Å²) in [4.78, 5) is 27.3. The first-order valence-electron chi connectivity index (χ1n) is 15.7. The van der Waals surface area contributed by atoms with Crippen molar-refractivity contribution in [2.45, 2.75) is 136 Å². The van der Waals surface area contributed by atoms with Crippen LogP contribution < -0.4 is 0 Å². The number of rotatable bonds is 11. The van der Waals surface area contributed by atoms with Gasteiger partial charge in [-0.2, -0.15) is 0 Å². The number of likely N-dealkylation sites (tertiary alicyclic amines) is 1. The van der Waals surface area contributed by atoms with Crippen molar-refractivity contribution < 1.29 is 14.3 Å². The highest BCUT2D eigenvalue weighted by Crippen LogP contribution is 2.67. The van der Waals surface area contributed by atoms with Crippen molar-refractivity contribution in [1.29, 1.82) is 0 Å². The van der Waals surface area contributed by atoms with Gasteiger partial charge in [0.2, 0.25) is 5.91 Å². The predicted molar refractivity (Wildman–Crippen MR) is 151 cm³/mol. The summed E-state index contributed by atoms with van der Waals surface area (Å²) < 4.78 is 6.15. The van der Waals surface area contributed by atoms with Crippen molar-refractivity contribution in [3.05, 3.63) is 12.7 Å². The minimum absolute atomic E-state index is 0.00156. The molecule has 3 unspecified atom stereocenters. The van der Waals surface area contributed by atoms with E-state index in [4.69, 9.17) is 4.74 Å². The van der Waals surface area contributed by atoms with Gasteiger partial charge >= 0.3 is 5.97 Å². The number of allylic oxidation sites excluding steroid dienone is 1. The van der Waals surface area contributed by atoms with E-state index < -0.39 is 0 Å². The van der Waals surface area contributed by atoms with E-state index in [1.807, 2.05) is 13.1 Å². The van der Waals surface area contributed by atoms with Crippen molar-refractivity contribution in [2.75, 3.05) is 7.05 Å². The standard InChI is InChI=1S/C33H55NO3/c1-7-8-9-10-11-12-13-14-15-30(36)37-24(3)31-23(2)22-27-25-16-17-28-32(4,21-19-29(35)34(28)6)26(25)18-20-33(27,31)5/h7,23-28,31H,1,8-22H2,2-6H3/t23?,24?,25-,26+,27+,28?,31-,32-,33+/m1/s1. The quantitative estimate of drug-likeness (QED) is 0.160. The van der Waals surface area contributed by atoms with E-state index >= 15 is 0 Å². The highest BCUT2D eigenvalue weighted by atomic mass is 16.5. The molecule has 1 amide bonds. The number of amides is 1. The first kappa shape index (κ1) is 28.7. The smallest absolute Gasteiger partial charge is 0.306 e. The Labute approximate surface area is 227 Å². The zero-order valence-corrected chi connectivity index (χ0v) is 24.6. The molecular weight excluding hydrogens is 458 g/mol. The van der Waals surface area contributed by atoms with Crippen LogP contribution >= 0.6 is 0 Å². The van der Waals surface area contributed by atoms with Crippen LogP contribution in [0.5, 0.6) is 0 Å². The number of nitrogens with zero attached hydrogens (tertiary/aromatic N) is 1. The Kier molecular flexibility index (Phi) is 9.17. The van der Waals surface area contributed by atoms with Gasteiger partial charge in [-0.25, -0.2) is 0 Å². The largest absolute Gasteiger partial charge is 0.462 e. The summed E-state index contributed by atoms with van der Waals surface area (Å²) in [6.07, 6.45) is 18.7. The van der Waals surface area contributed by atoms with Crippen molar-refractivity contribution >= 4 is 11.9 Å². The number of fused-ring (bicyclic) bond motifs is 5. The number of piperidine rings is 1. The summed E-state index contributed by atoms with van der Waals surface area (Å²) >= 11 is 0. The number of unbranched alkanes of at least 4 members (excludes halogenated alkanes) is 6. The monoisotopic (exact) mass is 513 g/mol. The molecule has 0 spiro atoms. The van der Waals surface area contributed by atoms with Crippen LogP contribution in [-0.2, 0) is 14.3 Å². The number of hydrogen-bond acceptors (Lipinski definition) is 3. The summed E-state index contributed by atoms with van der Waals surface area (Å²) in [5.41, 5.74) is 0.517. The molecule has 3 saturated carbocycles. The molecule has 4 nitrogen and oxygen atoms in total. The van der Waals surface area contributed by atoms with Gasteiger partial charge in [0.05, 0.1) is 0 Å². The van der Waals surface area contributed by atoms with E-state index in [1.165, 1.54) is 51.4 Å². The van der Waals surface area contributed by atoms with Gasteiger partial charge in [-0.15, -0.1) is 6.58 Å². The highest BCUT2D eigenvalue weighted by Gasteiger charge is 2.63. The van der Waals surface area contributed by atoms with E-state index in [0.29, 0.717) is 36.1 Å². The molecule has 0 radical (unpaired) electrons. The van der Waals surface area contributed by atoms with Crippen LogP contribution in [0.25, 0.3) is 0 Å². The molecule has 4 heteroatoms. The highest BCUT2D eigenvalue weighted by molar-refractivity contribution is 5.77. The average Bonchev–Trinajstić information content (AvgIpc) is 3.13. The van der Waals surface area contributed by atoms with Crippen molar-refractivity contribution in [3.8, 4) is 0 Å². The minimum Gasteiger partial charge on any atom is -0.462 e. The molecule has 0 N–H and O–H groups in total. The molecule has 1 aliphatic heterocycles. The summed E-state index contributed by atoms with van der Waals surface area (Å²) in [7, 11) is 2.05. The molecule has 1 heterocycles. The normalized spacial score (nSPS) is 39.9. The SMILES string of the molecule is C=CCCCCCCCCC(=O)OC(C)[C@H]1C(C)C[C@H]2[C@@H]3CCC4N(C)C(=O)CC[C@]4(C)[C@H]3CC[C@]12C. The lowest BCUT2D eigenvalue weighted by Gasteiger charge is -2.62. The van der Waals surface area contributed by atoms with Gasteiger partial charge in [-0.1, -0.05) is 52.5 Å². The molecule has 4 aliphatic rings. The fourth-order valence-electron chi connectivity index (χ4n) is 10.2. The zero-order valence-electron chi connectivity index (χ0n) is 24.6. The van der Waals surface area contributed by atoms with Gasteiger partial charge in [0.25, 0.3) is 0 Å². The molecular formula is C33H55NO3. The fraction of sp³-hybridized carbons (Fsp3) is 0.879. The van der Waals surface area contributed by atoms with Gasteiger partial charge in [0.1, 0.15) is 6.10 Å². The molecule has 1 saturated heterocycles. The zero-order chi connectivity index (χ0) is 26.8. The molecule has 0 bridgehead atoms. The van der Waals surface area contributed by atoms with Gasteiger partial charge in [0, 0.05) is 31.8 Å². The molecule has 9 atom stereocenters. The molecule has 0 aromatic carbocycles. The lowest BCUT2D eigenvalue weighted by atomic mass is 9.46. The maximum atomic E-state index is 12.8. The number of carbonyl (C=O) groups is 2. The maximum Gasteiger partial charge on any atom is 0.306 e. The van der Waals surface area contributed by atoms with Gasteiger partial charge < -0.3 is 9.64 Å². The third-order valence-corrected chi connectivity index (χ3v) is 11.9. The average molecular weight is 514 g/mol. The molecule has 3 aliphatic carbocycles. The molecule has 0 aromatic rings. The first-order valence-corrected chi connectivity index (χ1v) is 15.7. The minimum atomic E-state index is -0.00156. The van der Waals surface area contributed by atoms with E-state index in [1.54, 1.807) is 0 Å². The van der Waals surface area contributed by atoms with E-state index in [2.05, 4.69) is 39.2 Å². The van der Waals surface area contributed by atoms with Crippen molar-refractivity contribution in [1.82, 2.24) is 4.90 Å². The maximum absolute atomic E-state index is 12.8. The van der Waals surface area contributed by atoms with Crippen molar-refractivity contribution in [2.24, 2.45) is 40.4 Å². The molecule has 4 rings (SSSR count). The Hall–Kier alpha value is -1.32. The number of esters is 1. The van der Waals surface area contributed by atoms with E-state index in [-0.39, 0.29) is 22.9 Å². The second-order valence-electron chi connectivity index (χ2n) is 13.9. The third kappa shape index (κ3) is 5.55. The fourth-order valence-corrected chi connectivity index (χ4v) is 10.2. The second-order valence-corrected chi connectivity index (χ2v) is 13.9. The number of carbonyl (C=O) groups excluding carboxylic acids is 2. The molecule has 0 aromatic heterocycles. The van der Waals surface area contributed by atoms with Crippen LogP contribution in [0.3, 0.4) is 0 Å². The predicted octanol–water partition coefficient (Wildman–Crippen LogP) is 7.95. The number of hydrogen-bond donors (Lipinski definition) is 0. The third-order valence-electron chi connectivity index (χ3n) is 11.9. The Morgan fingerprint density at radius 1 is 1.05 bits per heavy atom. The van der Waals surface area contributed by atoms with E-state index in [9.17, 15) is 9.59 Å². The lowest BCUT2D eigenvalue weighted by molar-refractivity contribution is -0.165. The Bertz CT molecular complexity index is 824. The topological polar surface area (TPSA) is 46.6 Å². The molecule has 4 fully saturated rings. The Balaban J connectivity index is 1.32. The molecule has 37 heavy (non-hydrogen) atoms. The van der Waals surface area contributed by atoms with Crippen molar-refractivity contribution in [3.63, 3.8) is 0 Å². The second kappa shape index (κ2) is 11.8. The van der Waals surface area contributed by atoms with Crippen LogP contribution in [0.4, 0.5) is 0 Å². The summed E-state index contributed by atoms with van der Waals surface area (Å²) in [6, 6.07) is 0.418. The Morgan fingerprint density at radius 2 is 1.76 bits per heavy atom. The summed E-state index contributed by atoms with van der Waals surface area (Å²) in [6.45, 7) is 13.4. The number of ether oxygens (including phenoxy) is 1. The van der Waals surface area contributed by atoms with Crippen LogP contribution in [-0.4, -0.2) is 36.0 Å². The van der Waals surface area contributed by atoms with Gasteiger partial charge in [-0.3, -0.25) is 9.59 Å². The summed E-state index contributed by atoms with van der Waals surface area (Å²) in [5, 5.41) is 0. The lowest BCUT2D eigenvalue weighted by Crippen LogP contribution is -2.61. The Morgan fingerprint density at radius 3 is 2.49 bits per heavy atom. The van der Waals surface area contributed by atoms with Crippen LogP contribution in [0, 0.1) is 40.4 Å². The van der Waals surface area contributed by atoms with Gasteiger partial charge in [-0.05, 0) is 99.2 Å². The molecule has 210 valence electrons. The van der Waals surface area contributed by atoms with Crippen LogP contribution in [0.2, 0.25) is 0 Å². The van der Waals surface area contributed by atoms with Crippen LogP contribution in [0.15, 0.2) is 12.7 Å². The summed E-state index contributed by atoms with van der Waals surface area (Å²) in [5.74, 6) is 3.59. The van der Waals surface area contributed by atoms with Crippen LogP contribution in [0.1, 0.15) is 124 Å². The van der Waals surface area contributed by atoms with Gasteiger partial charge in [0.15, 0.2) is 0 Å². The van der Waals surface area contributed by atoms with E-state index in [0.717, 1.165) is 50.4 Å². The first-order chi connectivity index (χ1) is 17.6.